The molecule has 3 N–H and O–H groups in total. The Hall–Kier alpha value is -1.40. The number of nitrogens with one attached hydrogen (secondary N) is 1. The number of hydrogen-bond acceptors (Lipinski definition) is 5. The first-order valence-electron chi connectivity index (χ1n) is 35.9. The van der Waals surface area contributed by atoms with Crippen LogP contribution in [-0.4, -0.2) is 47.4 Å². The summed E-state index contributed by atoms with van der Waals surface area (Å²) in [6, 6.07) is -0.538. The minimum absolute atomic E-state index is 0.0231. The van der Waals surface area contributed by atoms with Crippen molar-refractivity contribution in [3.8, 4) is 0 Å². The van der Waals surface area contributed by atoms with Crippen molar-refractivity contribution in [2.24, 2.45) is 0 Å². The van der Waals surface area contributed by atoms with Gasteiger partial charge in [-0.05, 0) is 51.4 Å². The highest BCUT2D eigenvalue weighted by atomic mass is 16.5. The Kier molecular flexibility index (Phi) is 66.9. The smallest absolute Gasteiger partial charge is 0.305 e. The number of esters is 1. The summed E-state index contributed by atoms with van der Waals surface area (Å²) in [6.45, 7) is 4.99. The van der Waals surface area contributed by atoms with Gasteiger partial charge in [-0.1, -0.05) is 360 Å². The topological polar surface area (TPSA) is 95.9 Å². The molecule has 6 nitrogen and oxygen atoms in total. The average molecular weight is 1100 g/mol. The molecule has 0 heterocycles. The first-order chi connectivity index (χ1) is 38.5. The van der Waals surface area contributed by atoms with Gasteiger partial charge in [-0.25, -0.2) is 0 Å². The molecule has 464 valence electrons. The fourth-order valence-corrected chi connectivity index (χ4v) is 11.6. The fraction of sp³-hybridized carbons (Fsp3) is 0.944. The Bertz CT molecular complexity index is 1180. The molecular formula is C72H141NO5. The third-order valence-electron chi connectivity index (χ3n) is 17.1. The van der Waals surface area contributed by atoms with Gasteiger partial charge in [0.15, 0.2) is 0 Å². The maximum Gasteiger partial charge on any atom is 0.305 e. The van der Waals surface area contributed by atoms with Crippen molar-refractivity contribution in [3.63, 3.8) is 0 Å². The van der Waals surface area contributed by atoms with Crippen LogP contribution < -0.4 is 5.32 Å². The van der Waals surface area contributed by atoms with E-state index in [-0.39, 0.29) is 18.5 Å². The lowest BCUT2D eigenvalue weighted by molar-refractivity contribution is -0.143. The minimum atomic E-state index is -0.660. The first kappa shape index (κ1) is 76.6. The summed E-state index contributed by atoms with van der Waals surface area (Å²) in [4.78, 5) is 24.6. The van der Waals surface area contributed by atoms with E-state index in [9.17, 15) is 19.8 Å². The second-order valence-corrected chi connectivity index (χ2v) is 24.9. The lowest BCUT2D eigenvalue weighted by Gasteiger charge is -2.22. The van der Waals surface area contributed by atoms with E-state index >= 15 is 0 Å². The van der Waals surface area contributed by atoms with Gasteiger partial charge >= 0.3 is 5.97 Å². The predicted octanol–water partition coefficient (Wildman–Crippen LogP) is 23.1. The molecular weight excluding hydrogens is 959 g/mol. The van der Waals surface area contributed by atoms with E-state index in [0.29, 0.717) is 25.9 Å². The maximum atomic E-state index is 12.5. The molecule has 0 aliphatic carbocycles. The van der Waals surface area contributed by atoms with Crippen LogP contribution in [0.4, 0.5) is 0 Å². The number of aliphatic hydroxyl groups excluding tert-OH is 2. The van der Waals surface area contributed by atoms with Crippen LogP contribution in [0.3, 0.4) is 0 Å². The highest BCUT2D eigenvalue weighted by Gasteiger charge is 2.20. The second-order valence-electron chi connectivity index (χ2n) is 24.9. The Morgan fingerprint density at radius 1 is 0.346 bits per heavy atom. The number of allylic oxidation sites excluding steroid dienone is 2. The molecule has 6 heteroatoms. The van der Waals surface area contributed by atoms with Crippen LogP contribution in [0.5, 0.6) is 0 Å². The van der Waals surface area contributed by atoms with E-state index in [2.05, 4.69) is 31.3 Å². The molecule has 0 bridgehead atoms. The Morgan fingerprint density at radius 3 is 0.910 bits per heavy atom. The van der Waals surface area contributed by atoms with Gasteiger partial charge in [0, 0.05) is 12.8 Å². The molecule has 0 rings (SSSR count). The van der Waals surface area contributed by atoms with E-state index in [1.54, 1.807) is 0 Å². The molecule has 0 saturated heterocycles. The number of carbonyl (C=O) groups is 2. The van der Waals surface area contributed by atoms with Crippen LogP contribution in [0.15, 0.2) is 12.2 Å². The quantitative estimate of drug-likeness (QED) is 0.0320. The highest BCUT2D eigenvalue weighted by Crippen LogP contribution is 2.19. The molecule has 0 aromatic rings. The van der Waals surface area contributed by atoms with E-state index in [1.165, 1.54) is 340 Å². The van der Waals surface area contributed by atoms with Crippen molar-refractivity contribution >= 4 is 11.9 Å². The number of unbranched alkanes of at least 4 members (excludes halogenated alkanes) is 55. The third-order valence-corrected chi connectivity index (χ3v) is 17.1. The van der Waals surface area contributed by atoms with Crippen molar-refractivity contribution in [2.75, 3.05) is 13.2 Å². The lowest BCUT2D eigenvalue weighted by atomic mass is 10.0. The van der Waals surface area contributed by atoms with Crippen molar-refractivity contribution in [3.05, 3.63) is 12.2 Å². The van der Waals surface area contributed by atoms with E-state index in [4.69, 9.17) is 4.74 Å². The van der Waals surface area contributed by atoms with Gasteiger partial charge in [0.05, 0.1) is 25.4 Å². The second kappa shape index (κ2) is 68.1. The third kappa shape index (κ3) is 63.8. The molecule has 0 radical (unpaired) electrons. The first-order valence-corrected chi connectivity index (χ1v) is 35.9. The molecule has 78 heavy (non-hydrogen) atoms. The number of amides is 1. The van der Waals surface area contributed by atoms with Crippen LogP contribution in [0.2, 0.25) is 0 Å². The SMILES string of the molecule is CCCCCCCCCCCCCCCCCCCC(=O)OCCCCCCCCCCCCCC/C=C\CCCCCCCCCCCCCCCCCCC(=O)NC(CO)C(O)CCCCCCCCCCCCCC. The van der Waals surface area contributed by atoms with Crippen molar-refractivity contribution in [1.82, 2.24) is 5.32 Å². The summed E-state index contributed by atoms with van der Waals surface area (Å²) < 4.78 is 5.51. The zero-order valence-electron chi connectivity index (χ0n) is 53.2. The molecule has 0 aromatic heterocycles. The molecule has 0 spiro atoms. The van der Waals surface area contributed by atoms with Crippen LogP contribution >= 0.6 is 0 Å². The molecule has 1 amide bonds. The highest BCUT2D eigenvalue weighted by molar-refractivity contribution is 5.76. The molecule has 0 saturated carbocycles. The Labute approximate surface area is 489 Å². The van der Waals surface area contributed by atoms with Crippen LogP contribution in [0, 0.1) is 0 Å². The molecule has 0 aliphatic rings. The van der Waals surface area contributed by atoms with Gasteiger partial charge in [0.1, 0.15) is 0 Å². The molecule has 0 fully saturated rings. The molecule has 2 atom stereocenters. The van der Waals surface area contributed by atoms with E-state index in [0.717, 1.165) is 38.5 Å². The maximum absolute atomic E-state index is 12.5. The normalized spacial score (nSPS) is 12.5. The van der Waals surface area contributed by atoms with Crippen molar-refractivity contribution < 1.29 is 24.5 Å². The van der Waals surface area contributed by atoms with Crippen LogP contribution in [0.25, 0.3) is 0 Å². The van der Waals surface area contributed by atoms with Gasteiger partial charge in [0.25, 0.3) is 0 Å². The Balaban J connectivity index is 3.32. The van der Waals surface area contributed by atoms with Crippen molar-refractivity contribution in [2.45, 2.75) is 424 Å². The van der Waals surface area contributed by atoms with Gasteiger partial charge in [-0.3, -0.25) is 9.59 Å². The van der Waals surface area contributed by atoms with E-state index in [1.807, 2.05) is 0 Å². The summed E-state index contributed by atoms with van der Waals surface area (Å²) in [7, 11) is 0. The fourth-order valence-electron chi connectivity index (χ4n) is 11.6. The van der Waals surface area contributed by atoms with Crippen LogP contribution in [-0.2, 0) is 14.3 Å². The Morgan fingerprint density at radius 2 is 0.603 bits per heavy atom. The number of aliphatic hydroxyl groups is 2. The summed E-state index contributed by atoms with van der Waals surface area (Å²) in [5.74, 6) is -0.00732. The average Bonchev–Trinajstić information content (AvgIpc) is 3.44. The zero-order chi connectivity index (χ0) is 56.4. The van der Waals surface area contributed by atoms with Crippen molar-refractivity contribution in [1.29, 1.82) is 0 Å². The van der Waals surface area contributed by atoms with Gasteiger partial charge in [-0.2, -0.15) is 0 Å². The summed E-state index contributed by atoms with van der Waals surface area (Å²) in [5.41, 5.74) is 0. The zero-order valence-corrected chi connectivity index (χ0v) is 53.2. The summed E-state index contributed by atoms with van der Waals surface area (Å²) >= 11 is 0. The molecule has 0 aromatic carbocycles. The summed E-state index contributed by atoms with van der Waals surface area (Å²) in [6.07, 6.45) is 84.2. The minimum Gasteiger partial charge on any atom is -0.466 e. The summed E-state index contributed by atoms with van der Waals surface area (Å²) in [5, 5.41) is 23.3. The van der Waals surface area contributed by atoms with Crippen LogP contribution in [0.1, 0.15) is 412 Å². The molecule has 0 aliphatic heterocycles. The van der Waals surface area contributed by atoms with Gasteiger partial charge in [0.2, 0.25) is 5.91 Å². The number of rotatable bonds is 68. The number of hydrogen-bond donors (Lipinski definition) is 3. The molecule has 2 unspecified atom stereocenters. The standard InChI is InChI=1S/C72H141NO5/c1-3-5-7-9-11-13-15-17-18-35-39-42-46-50-54-58-62-66-72(77)78-67-63-59-55-51-47-43-40-37-34-32-30-28-26-24-22-20-19-21-23-25-27-29-31-33-36-38-41-45-49-53-57-61-65-71(76)73-69(68-74)70(75)64-60-56-52-48-44-16-14-12-10-8-6-4-2/h22,24,69-70,74-75H,3-21,23,25-68H2,1-2H3,(H,73,76)/b24-22-. The number of carbonyl (C=O) groups excluding carboxylic acids is 2. The lowest BCUT2D eigenvalue weighted by Crippen LogP contribution is -2.45. The largest absolute Gasteiger partial charge is 0.466 e. The van der Waals surface area contributed by atoms with Gasteiger partial charge in [-0.15, -0.1) is 0 Å². The van der Waals surface area contributed by atoms with E-state index < -0.39 is 12.1 Å². The predicted molar refractivity (Wildman–Crippen MR) is 343 cm³/mol. The number of ether oxygens (including phenoxy) is 1. The monoisotopic (exact) mass is 1100 g/mol. The van der Waals surface area contributed by atoms with Gasteiger partial charge < -0.3 is 20.3 Å².